The van der Waals surface area contributed by atoms with Crippen LogP contribution in [0.5, 0.6) is 0 Å². The molecule has 0 aliphatic carbocycles. The molecule has 1 fully saturated rings. The Morgan fingerprint density at radius 2 is 1.79 bits per heavy atom. The van der Waals surface area contributed by atoms with Gasteiger partial charge in [0.25, 0.3) is 5.91 Å². The fraction of sp³-hybridized carbons (Fsp3) is 0.400. The van der Waals surface area contributed by atoms with Crippen molar-refractivity contribution in [1.82, 2.24) is 13.8 Å². The number of amides is 1. The highest BCUT2D eigenvalue weighted by atomic mass is 32.2. The quantitative estimate of drug-likeness (QED) is 0.515. The van der Waals surface area contributed by atoms with Gasteiger partial charge >= 0.3 is 0 Å². The topological polar surface area (TPSA) is 74.6 Å². The van der Waals surface area contributed by atoms with Crippen molar-refractivity contribution in [2.24, 2.45) is 0 Å². The molecule has 0 saturated carbocycles. The van der Waals surface area contributed by atoms with E-state index in [-0.39, 0.29) is 10.8 Å². The zero-order valence-corrected chi connectivity index (χ0v) is 20.1. The monoisotopic (exact) mass is 468 g/mol. The molecule has 1 amide bonds. The molecule has 3 aromatic rings. The second-order valence-electron chi connectivity index (χ2n) is 8.40. The lowest BCUT2D eigenvalue weighted by atomic mass is 10.2. The van der Waals surface area contributed by atoms with E-state index in [1.165, 1.54) is 10.4 Å². The summed E-state index contributed by atoms with van der Waals surface area (Å²) in [6.45, 7) is 9.38. The van der Waals surface area contributed by atoms with Crippen LogP contribution in [0.4, 0.5) is 5.69 Å². The summed E-state index contributed by atoms with van der Waals surface area (Å²) in [5.74, 6) is -0.325. The lowest BCUT2D eigenvalue weighted by Gasteiger charge is -2.18. The van der Waals surface area contributed by atoms with Gasteiger partial charge in [-0.3, -0.25) is 4.79 Å². The highest BCUT2D eigenvalue weighted by molar-refractivity contribution is 7.89. The minimum atomic E-state index is -3.56. The first-order chi connectivity index (χ1) is 15.9. The van der Waals surface area contributed by atoms with Crippen LogP contribution in [0.1, 0.15) is 37.0 Å². The van der Waals surface area contributed by atoms with Crippen LogP contribution in [0.3, 0.4) is 0 Å². The van der Waals surface area contributed by atoms with Gasteiger partial charge in [-0.1, -0.05) is 19.9 Å². The Morgan fingerprint density at radius 3 is 2.52 bits per heavy atom. The molecule has 1 N–H and O–H groups in total. The van der Waals surface area contributed by atoms with E-state index in [9.17, 15) is 13.2 Å². The van der Waals surface area contributed by atoms with Gasteiger partial charge in [-0.05, 0) is 68.4 Å². The molecule has 1 aromatic heterocycles. The number of hydrogen-bond donors (Lipinski definition) is 1. The molecule has 0 radical (unpaired) electrons. The summed E-state index contributed by atoms with van der Waals surface area (Å²) in [6, 6.07) is 14.2. The predicted octanol–water partition coefficient (Wildman–Crippen LogP) is 4.02. The Labute approximate surface area is 196 Å². The molecule has 0 spiro atoms. The summed E-state index contributed by atoms with van der Waals surface area (Å²) in [5, 5.41) is 3.96. The molecule has 2 heterocycles. The van der Waals surface area contributed by atoms with E-state index in [4.69, 9.17) is 0 Å². The SMILES string of the molecule is CCN(CC)CCn1ccc2cc(NC(=O)c3cccc(S(=O)(=O)N4CCCC4)c3)ccc21. The predicted molar refractivity (Wildman–Crippen MR) is 132 cm³/mol. The van der Waals surface area contributed by atoms with Gasteiger partial charge in [0.05, 0.1) is 4.90 Å². The first-order valence-corrected chi connectivity index (χ1v) is 13.1. The van der Waals surface area contributed by atoms with Crippen molar-refractivity contribution in [1.29, 1.82) is 0 Å². The first kappa shape index (κ1) is 23.5. The fourth-order valence-electron chi connectivity index (χ4n) is 4.34. The van der Waals surface area contributed by atoms with Gasteiger partial charge in [0.2, 0.25) is 10.0 Å². The number of nitrogens with one attached hydrogen (secondary N) is 1. The Morgan fingerprint density at radius 1 is 1.03 bits per heavy atom. The largest absolute Gasteiger partial charge is 0.346 e. The van der Waals surface area contributed by atoms with E-state index in [0.29, 0.717) is 24.3 Å². The summed E-state index contributed by atoms with van der Waals surface area (Å²) < 4.78 is 29.4. The molecule has 1 aliphatic heterocycles. The van der Waals surface area contributed by atoms with Crippen LogP contribution >= 0.6 is 0 Å². The molecule has 33 heavy (non-hydrogen) atoms. The van der Waals surface area contributed by atoms with Crippen LogP contribution < -0.4 is 5.32 Å². The normalized spacial score (nSPS) is 14.9. The lowest BCUT2D eigenvalue weighted by molar-refractivity contribution is 0.102. The zero-order chi connectivity index (χ0) is 23.4. The Bertz CT molecular complexity index is 1230. The Hall–Kier alpha value is -2.68. The number of sulfonamides is 1. The van der Waals surface area contributed by atoms with Crippen LogP contribution in [-0.4, -0.2) is 60.8 Å². The molecular formula is C25H32N4O3S. The second kappa shape index (κ2) is 10.1. The number of fused-ring (bicyclic) bond motifs is 1. The van der Waals surface area contributed by atoms with Crippen LogP contribution in [-0.2, 0) is 16.6 Å². The summed E-state index contributed by atoms with van der Waals surface area (Å²) >= 11 is 0. The number of carbonyl (C=O) groups excluding carboxylic acids is 1. The molecule has 7 nitrogen and oxygen atoms in total. The maximum atomic E-state index is 12.9. The van der Waals surface area contributed by atoms with E-state index in [2.05, 4.69) is 40.9 Å². The molecule has 0 unspecified atom stereocenters. The molecular weight excluding hydrogens is 436 g/mol. The van der Waals surface area contributed by atoms with Crippen LogP contribution in [0, 0.1) is 0 Å². The standard InChI is InChI=1S/C25H32N4O3S/c1-3-27(4-2)16-17-28-15-12-20-18-22(10-11-24(20)28)26-25(30)21-8-7-9-23(19-21)33(31,32)29-13-5-6-14-29/h7-12,15,18-19H,3-6,13-14,16-17H2,1-2H3,(H,26,30). The molecule has 1 saturated heterocycles. The van der Waals surface area contributed by atoms with Crippen molar-refractivity contribution in [2.45, 2.75) is 38.1 Å². The van der Waals surface area contributed by atoms with Crippen molar-refractivity contribution in [3.8, 4) is 0 Å². The van der Waals surface area contributed by atoms with Crippen LogP contribution in [0.2, 0.25) is 0 Å². The number of hydrogen-bond acceptors (Lipinski definition) is 4. The van der Waals surface area contributed by atoms with Crippen LogP contribution in [0.15, 0.2) is 59.6 Å². The van der Waals surface area contributed by atoms with Gasteiger partial charge in [-0.15, -0.1) is 0 Å². The summed E-state index contributed by atoms with van der Waals surface area (Å²) in [6.07, 6.45) is 3.82. The number of anilines is 1. The van der Waals surface area contributed by atoms with Gasteiger partial charge in [-0.2, -0.15) is 4.31 Å². The summed E-state index contributed by atoms with van der Waals surface area (Å²) in [5.41, 5.74) is 2.13. The Kier molecular flexibility index (Phi) is 7.17. The molecule has 2 aromatic carbocycles. The third kappa shape index (κ3) is 5.13. The number of benzene rings is 2. The average Bonchev–Trinajstić information content (AvgIpc) is 3.50. The van der Waals surface area contributed by atoms with Gasteiger partial charge in [0, 0.05) is 54.5 Å². The van der Waals surface area contributed by atoms with E-state index in [1.807, 2.05) is 18.2 Å². The van der Waals surface area contributed by atoms with Gasteiger partial charge < -0.3 is 14.8 Å². The van der Waals surface area contributed by atoms with E-state index < -0.39 is 10.0 Å². The van der Waals surface area contributed by atoms with Crippen molar-refractivity contribution in [3.05, 3.63) is 60.3 Å². The number of carbonyl (C=O) groups is 1. The van der Waals surface area contributed by atoms with Crippen molar-refractivity contribution < 1.29 is 13.2 Å². The van der Waals surface area contributed by atoms with Gasteiger partial charge in [-0.25, -0.2) is 8.42 Å². The molecule has 1 aliphatic rings. The smallest absolute Gasteiger partial charge is 0.255 e. The highest BCUT2D eigenvalue weighted by Crippen LogP contribution is 2.24. The van der Waals surface area contributed by atoms with Crippen molar-refractivity contribution in [2.75, 3.05) is 38.0 Å². The summed E-state index contributed by atoms with van der Waals surface area (Å²) in [4.78, 5) is 15.4. The van der Waals surface area contributed by atoms with Crippen LogP contribution in [0.25, 0.3) is 10.9 Å². The van der Waals surface area contributed by atoms with Crippen molar-refractivity contribution in [3.63, 3.8) is 0 Å². The maximum absolute atomic E-state index is 12.9. The van der Waals surface area contributed by atoms with E-state index >= 15 is 0 Å². The second-order valence-corrected chi connectivity index (χ2v) is 10.3. The summed E-state index contributed by atoms with van der Waals surface area (Å²) in [7, 11) is -3.56. The van der Waals surface area contributed by atoms with Gasteiger partial charge in [0.1, 0.15) is 0 Å². The van der Waals surface area contributed by atoms with Gasteiger partial charge in [0.15, 0.2) is 0 Å². The number of rotatable bonds is 9. The molecule has 176 valence electrons. The lowest BCUT2D eigenvalue weighted by Crippen LogP contribution is -2.28. The minimum absolute atomic E-state index is 0.165. The third-order valence-corrected chi connectivity index (χ3v) is 8.27. The number of aromatic nitrogens is 1. The van der Waals surface area contributed by atoms with E-state index in [0.717, 1.165) is 49.9 Å². The fourth-order valence-corrected chi connectivity index (χ4v) is 5.90. The third-order valence-electron chi connectivity index (χ3n) is 6.38. The molecule has 4 rings (SSSR count). The van der Waals surface area contributed by atoms with E-state index in [1.54, 1.807) is 18.2 Å². The maximum Gasteiger partial charge on any atom is 0.255 e. The average molecular weight is 469 g/mol. The number of likely N-dealkylation sites (N-methyl/N-ethyl adjacent to an activating group) is 1. The molecule has 0 bridgehead atoms. The number of nitrogens with zero attached hydrogens (tertiary/aromatic N) is 3. The molecule has 8 heteroatoms. The highest BCUT2D eigenvalue weighted by Gasteiger charge is 2.27. The molecule has 0 atom stereocenters. The zero-order valence-electron chi connectivity index (χ0n) is 19.3. The first-order valence-electron chi connectivity index (χ1n) is 11.6. The minimum Gasteiger partial charge on any atom is -0.346 e. The Balaban J connectivity index is 1.48. The van der Waals surface area contributed by atoms with Crippen molar-refractivity contribution >= 4 is 32.5 Å².